The molecule has 0 amide bonds. The molecule has 1 unspecified atom stereocenters. The van der Waals surface area contributed by atoms with Gasteiger partial charge < -0.3 is 5.32 Å². The predicted octanol–water partition coefficient (Wildman–Crippen LogP) is 2.00. The van der Waals surface area contributed by atoms with E-state index in [4.69, 9.17) is 0 Å². The van der Waals surface area contributed by atoms with Crippen molar-refractivity contribution in [1.29, 1.82) is 0 Å². The lowest BCUT2D eigenvalue weighted by Crippen LogP contribution is -2.26. The molecular weight excluding hydrogens is 250 g/mol. The highest BCUT2D eigenvalue weighted by atomic mass is 15.3. The Kier molecular flexibility index (Phi) is 4.95. The first-order chi connectivity index (χ1) is 9.63. The Bertz CT molecular complexity index is 540. The zero-order valence-corrected chi connectivity index (χ0v) is 12.9. The Labute approximate surface area is 121 Å². The molecule has 2 rings (SSSR count). The summed E-state index contributed by atoms with van der Waals surface area (Å²) in [6, 6.07) is 2.50. The smallest absolute Gasteiger partial charge is 0.0625 e. The van der Waals surface area contributed by atoms with E-state index in [0.717, 1.165) is 31.5 Å². The van der Waals surface area contributed by atoms with Crippen LogP contribution in [0.1, 0.15) is 43.3 Å². The molecule has 5 heteroatoms. The van der Waals surface area contributed by atoms with Crippen molar-refractivity contribution in [2.24, 2.45) is 14.1 Å². The Morgan fingerprint density at radius 2 is 2.10 bits per heavy atom. The van der Waals surface area contributed by atoms with Crippen molar-refractivity contribution >= 4 is 0 Å². The third-order valence-corrected chi connectivity index (χ3v) is 3.52. The van der Waals surface area contributed by atoms with E-state index in [2.05, 4.69) is 41.6 Å². The van der Waals surface area contributed by atoms with Gasteiger partial charge in [0.1, 0.15) is 0 Å². The molecule has 0 aliphatic heterocycles. The van der Waals surface area contributed by atoms with Crippen molar-refractivity contribution in [2.45, 2.75) is 39.2 Å². The number of hydrogen-bond acceptors (Lipinski definition) is 3. The molecule has 5 nitrogen and oxygen atoms in total. The van der Waals surface area contributed by atoms with Crippen LogP contribution in [-0.4, -0.2) is 26.1 Å². The maximum Gasteiger partial charge on any atom is 0.0625 e. The molecule has 0 saturated carbocycles. The summed E-state index contributed by atoms with van der Waals surface area (Å²) in [5, 5.41) is 12.4. The number of hydrogen-bond donors (Lipinski definition) is 1. The topological polar surface area (TPSA) is 47.7 Å². The van der Waals surface area contributed by atoms with Gasteiger partial charge >= 0.3 is 0 Å². The van der Waals surface area contributed by atoms with Crippen LogP contribution < -0.4 is 5.32 Å². The fourth-order valence-corrected chi connectivity index (χ4v) is 2.46. The van der Waals surface area contributed by atoms with E-state index in [1.165, 1.54) is 11.3 Å². The van der Waals surface area contributed by atoms with Crippen LogP contribution in [0, 0.1) is 0 Å². The minimum atomic E-state index is 0.289. The second kappa shape index (κ2) is 6.70. The van der Waals surface area contributed by atoms with Crippen LogP contribution in [0.3, 0.4) is 0 Å². The van der Waals surface area contributed by atoms with E-state index >= 15 is 0 Å². The second-order valence-corrected chi connectivity index (χ2v) is 5.27. The second-order valence-electron chi connectivity index (χ2n) is 5.27. The summed E-state index contributed by atoms with van der Waals surface area (Å²) in [4.78, 5) is 0. The third-order valence-electron chi connectivity index (χ3n) is 3.52. The van der Waals surface area contributed by atoms with E-state index in [0.29, 0.717) is 0 Å². The number of rotatable bonds is 7. The number of nitrogens with one attached hydrogen (secondary N) is 1. The molecule has 110 valence electrons. The summed E-state index contributed by atoms with van der Waals surface area (Å²) >= 11 is 0. The highest BCUT2D eigenvalue weighted by Crippen LogP contribution is 2.19. The summed E-state index contributed by atoms with van der Waals surface area (Å²) in [6.07, 6.45) is 7.06. The van der Waals surface area contributed by atoms with Gasteiger partial charge in [-0.3, -0.25) is 9.36 Å². The van der Waals surface area contributed by atoms with Crippen molar-refractivity contribution in [3.05, 3.63) is 35.4 Å². The molecule has 2 aromatic rings. The number of aromatic nitrogens is 4. The van der Waals surface area contributed by atoms with Gasteiger partial charge in [-0.15, -0.1) is 0 Å². The van der Waals surface area contributed by atoms with Crippen molar-refractivity contribution in [3.8, 4) is 0 Å². The Morgan fingerprint density at radius 1 is 1.30 bits per heavy atom. The third kappa shape index (κ3) is 3.48. The quantitative estimate of drug-likeness (QED) is 0.841. The highest BCUT2D eigenvalue weighted by molar-refractivity contribution is 5.18. The first-order valence-electron chi connectivity index (χ1n) is 7.37. The Balaban J connectivity index is 2.19. The van der Waals surface area contributed by atoms with Crippen LogP contribution in [0.4, 0.5) is 0 Å². The molecule has 0 aliphatic rings. The molecule has 0 bridgehead atoms. The van der Waals surface area contributed by atoms with E-state index in [1.54, 1.807) is 0 Å². The summed E-state index contributed by atoms with van der Waals surface area (Å²) in [5.41, 5.74) is 3.65. The molecule has 2 aromatic heterocycles. The van der Waals surface area contributed by atoms with Crippen molar-refractivity contribution in [3.63, 3.8) is 0 Å². The van der Waals surface area contributed by atoms with Crippen LogP contribution in [0.15, 0.2) is 18.5 Å². The number of nitrogens with zero attached hydrogens (tertiary/aromatic N) is 4. The first-order valence-corrected chi connectivity index (χ1v) is 7.37. The van der Waals surface area contributed by atoms with Crippen LogP contribution in [-0.2, 0) is 26.9 Å². The van der Waals surface area contributed by atoms with E-state index in [9.17, 15) is 0 Å². The van der Waals surface area contributed by atoms with Crippen LogP contribution >= 0.6 is 0 Å². The maximum atomic E-state index is 4.56. The Morgan fingerprint density at radius 3 is 2.65 bits per heavy atom. The van der Waals surface area contributed by atoms with Crippen LogP contribution in [0.2, 0.25) is 0 Å². The van der Waals surface area contributed by atoms with Gasteiger partial charge in [0.25, 0.3) is 0 Å². The molecule has 0 radical (unpaired) electrons. The molecule has 0 aromatic carbocycles. The van der Waals surface area contributed by atoms with Crippen molar-refractivity contribution in [1.82, 2.24) is 24.9 Å². The molecule has 1 atom stereocenters. The molecular formula is C15H25N5. The largest absolute Gasteiger partial charge is 0.308 e. The lowest BCUT2D eigenvalue weighted by Gasteiger charge is -2.18. The summed E-state index contributed by atoms with van der Waals surface area (Å²) in [7, 11) is 3.98. The maximum absolute atomic E-state index is 4.56. The summed E-state index contributed by atoms with van der Waals surface area (Å²) in [5.74, 6) is 0. The minimum absolute atomic E-state index is 0.289. The predicted molar refractivity (Wildman–Crippen MR) is 80.5 cm³/mol. The SMILES string of the molecule is CCCNC(Cc1cnn(C)c1)c1cc(CC)nn1C. The zero-order chi connectivity index (χ0) is 14.5. The molecule has 20 heavy (non-hydrogen) atoms. The molecule has 0 fully saturated rings. The normalized spacial score (nSPS) is 12.8. The van der Waals surface area contributed by atoms with Gasteiger partial charge in [-0.25, -0.2) is 0 Å². The van der Waals surface area contributed by atoms with E-state index in [-0.39, 0.29) is 6.04 Å². The van der Waals surface area contributed by atoms with Crippen LogP contribution in [0.5, 0.6) is 0 Å². The van der Waals surface area contributed by atoms with Gasteiger partial charge in [-0.05, 0) is 37.4 Å². The van der Waals surface area contributed by atoms with E-state index in [1.807, 2.05) is 29.7 Å². The first kappa shape index (κ1) is 14.8. The summed E-state index contributed by atoms with van der Waals surface area (Å²) < 4.78 is 3.86. The minimum Gasteiger partial charge on any atom is -0.308 e. The van der Waals surface area contributed by atoms with Gasteiger partial charge in [-0.2, -0.15) is 10.2 Å². The van der Waals surface area contributed by atoms with Gasteiger partial charge in [-0.1, -0.05) is 13.8 Å². The van der Waals surface area contributed by atoms with Crippen LogP contribution in [0.25, 0.3) is 0 Å². The Hall–Kier alpha value is -1.62. The van der Waals surface area contributed by atoms with E-state index < -0.39 is 0 Å². The lowest BCUT2D eigenvalue weighted by atomic mass is 10.1. The zero-order valence-electron chi connectivity index (χ0n) is 12.9. The van der Waals surface area contributed by atoms with Gasteiger partial charge in [0.15, 0.2) is 0 Å². The van der Waals surface area contributed by atoms with Crippen molar-refractivity contribution < 1.29 is 0 Å². The molecule has 1 N–H and O–H groups in total. The highest BCUT2D eigenvalue weighted by Gasteiger charge is 2.17. The summed E-state index contributed by atoms with van der Waals surface area (Å²) in [6.45, 7) is 5.34. The monoisotopic (exact) mass is 275 g/mol. The fraction of sp³-hybridized carbons (Fsp3) is 0.600. The van der Waals surface area contributed by atoms with Gasteiger partial charge in [0, 0.05) is 20.3 Å². The lowest BCUT2D eigenvalue weighted by molar-refractivity contribution is 0.493. The number of aryl methyl sites for hydroxylation is 3. The van der Waals surface area contributed by atoms with Gasteiger partial charge in [0.05, 0.1) is 23.6 Å². The van der Waals surface area contributed by atoms with Crippen molar-refractivity contribution in [2.75, 3.05) is 6.54 Å². The van der Waals surface area contributed by atoms with Gasteiger partial charge in [0.2, 0.25) is 0 Å². The molecule has 0 spiro atoms. The average molecular weight is 275 g/mol. The molecule has 0 aliphatic carbocycles. The molecule has 0 saturated heterocycles. The average Bonchev–Trinajstić information content (AvgIpc) is 3.00. The fourth-order valence-electron chi connectivity index (χ4n) is 2.46. The molecule has 2 heterocycles. The standard InChI is InChI=1S/C15H25N5/c1-5-7-16-14(8-12-10-17-19(3)11-12)15-9-13(6-2)18-20(15)4/h9-11,14,16H,5-8H2,1-4H3.